The van der Waals surface area contributed by atoms with Gasteiger partial charge in [-0.2, -0.15) is 0 Å². The summed E-state index contributed by atoms with van der Waals surface area (Å²) in [5.74, 6) is 0. The van der Waals surface area contributed by atoms with Crippen molar-refractivity contribution in [3.8, 4) is 0 Å². The third kappa shape index (κ3) is 2.77. The molecule has 1 rings (SSSR count). The molecule has 90 valence electrons. The molecular weight excluding hydrogens is 180 g/mol. The van der Waals surface area contributed by atoms with Crippen LogP contribution < -0.4 is 0 Å². The van der Waals surface area contributed by atoms with Crippen molar-refractivity contribution in [2.75, 3.05) is 0 Å². The average molecular weight is 210 g/mol. The van der Waals surface area contributed by atoms with Crippen molar-refractivity contribution < 1.29 is 0 Å². The molecular formula is C15H30. The molecule has 0 radical (unpaired) electrons. The van der Waals surface area contributed by atoms with Crippen LogP contribution in [0.4, 0.5) is 0 Å². The lowest BCUT2D eigenvalue weighted by atomic mass is 9.54. The number of hydrogen-bond acceptors (Lipinski definition) is 0. The Hall–Kier alpha value is 0. The lowest BCUT2D eigenvalue weighted by Gasteiger charge is -2.51. The first-order valence-electron chi connectivity index (χ1n) is 6.72. The molecule has 0 aromatic carbocycles. The largest absolute Gasteiger partial charge is 0.0654 e. The van der Waals surface area contributed by atoms with E-state index in [4.69, 9.17) is 0 Å². The van der Waals surface area contributed by atoms with Gasteiger partial charge in [0, 0.05) is 0 Å². The highest BCUT2D eigenvalue weighted by molar-refractivity contribution is 4.95. The minimum absolute atomic E-state index is 0.486. The molecule has 0 aliphatic heterocycles. The van der Waals surface area contributed by atoms with Crippen LogP contribution in [0, 0.1) is 16.2 Å². The van der Waals surface area contributed by atoms with E-state index in [0.29, 0.717) is 16.2 Å². The monoisotopic (exact) mass is 210 g/mol. The molecule has 1 saturated carbocycles. The molecule has 0 heterocycles. The molecule has 0 aromatic rings. The van der Waals surface area contributed by atoms with E-state index in [-0.39, 0.29) is 0 Å². The zero-order valence-corrected chi connectivity index (χ0v) is 11.7. The molecule has 0 spiro atoms. The number of rotatable bonds is 2. The Labute approximate surface area is 96.8 Å². The topological polar surface area (TPSA) is 0 Å². The van der Waals surface area contributed by atoms with E-state index in [1.165, 1.54) is 38.5 Å². The third-order valence-corrected chi connectivity index (χ3v) is 4.88. The van der Waals surface area contributed by atoms with Gasteiger partial charge in [0.15, 0.2) is 0 Å². The maximum atomic E-state index is 2.45. The molecule has 0 nitrogen and oxygen atoms in total. The smallest absolute Gasteiger partial charge is 0.0249 e. The Bertz CT molecular complexity index is 195. The maximum Gasteiger partial charge on any atom is -0.0249 e. The van der Waals surface area contributed by atoms with Crippen LogP contribution in [-0.2, 0) is 0 Å². The predicted octanol–water partition coefficient (Wildman–Crippen LogP) is 5.42. The van der Waals surface area contributed by atoms with Gasteiger partial charge in [0.2, 0.25) is 0 Å². The predicted molar refractivity (Wildman–Crippen MR) is 69.0 cm³/mol. The van der Waals surface area contributed by atoms with E-state index >= 15 is 0 Å². The van der Waals surface area contributed by atoms with E-state index in [0.717, 1.165) is 0 Å². The van der Waals surface area contributed by atoms with Crippen molar-refractivity contribution in [2.45, 2.75) is 80.1 Å². The second kappa shape index (κ2) is 4.11. The minimum atomic E-state index is 0.486. The van der Waals surface area contributed by atoms with Crippen LogP contribution in [0.2, 0.25) is 0 Å². The fourth-order valence-corrected chi connectivity index (χ4v) is 3.26. The molecule has 0 atom stereocenters. The summed E-state index contributed by atoms with van der Waals surface area (Å²) in [6.07, 6.45) is 8.49. The van der Waals surface area contributed by atoms with Crippen LogP contribution in [0.5, 0.6) is 0 Å². The van der Waals surface area contributed by atoms with Gasteiger partial charge in [-0.25, -0.2) is 0 Å². The van der Waals surface area contributed by atoms with Crippen LogP contribution in [0.3, 0.4) is 0 Å². The quantitative estimate of drug-likeness (QED) is 0.571. The Balaban J connectivity index is 2.78. The van der Waals surface area contributed by atoms with E-state index in [1.807, 2.05) is 0 Å². The first kappa shape index (κ1) is 13.1. The van der Waals surface area contributed by atoms with E-state index in [1.54, 1.807) is 0 Å². The van der Waals surface area contributed by atoms with Crippen molar-refractivity contribution in [3.05, 3.63) is 0 Å². The van der Waals surface area contributed by atoms with Gasteiger partial charge in [-0.15, -0.1) is 0 Å². The van der Waals surface area contributed by atoms with Gasteiger partial charge in [0.25, 0.3) is 0 Å². The molecule has 0 unspecified atom stereocenters. The highest BCUT2D eigenvalue weighted by Gasteiger charge is 2.44. The normalized spacial score (nSPS) is 25.2. The van der Waals surface area contributed by atoms with Crippen molar-refractivity contribution in [3.63, 3.8) is 0 Å². The third-order valence-electron chi connectivity index (χ3n) is 4.88. The summed E-state index contributed by atoms with van der Waals surface area (Å²) in [5.41, 5.74) is 1.71. The second-order valence-electron chi connectivity index (χ2n) is 7.44. The molecule has 15 heavy (non-hydrogen) atoms. The minimum Gasteiger partial charge on any atom is -0.0654 e. The standard InChI is InChI=1S/C15H30/c1-7-8-15(13(2,3)4)11-9-14(5,6)10-12-15/h7-12H2,1-6H3. The Kier molecular flexibility index (Phi) is 3.58. The van der Waals surface area contributed by atoms with Gasteiger partial charge in [-0.1, -0.05) is 48.0 Å². The first-order valence-corrected chi connectivity index (χ1v) is 6.72. The molecule has 1 fully saturated rings. The summed E-state index contributed by atoms with van der Waals surface area (Å²) < 4.78 is 0. The average Bonchev–Trinajstić information content (AvgIpc) is 2.07. The fraction of sp³-hybridized carbons (Fsp3) is 1.00. The van der Waals surface area contributed by atoms with Crippen LogP contribution in [0.1, 0.15) is 80.1 Å². The molecule has 0 heteroatoms. The molecule has 1 aliphatic carbocycles. The Morgan fingerprint density at radius 3 is 1.73 bits per heavy atom. The second-order valence-corrected chi connectivity index (χ2v) is 7.44. The first-order chi connectivity index (χ1) is 6.72. The Morgan fingerprint density at radius 2 is 1.40 bits per heavy atom. The van der Waals surface area contributed by atoms with Gasteiger partial charge in [0.05, 0.1) is 0 Å². The summed E-state index contributed by atoms with van der Waals surface area (Å²) in [5, 5.41) is 0. The summed E-state index contributed by atoms with van der Waals surface area (Å²) in [7, 11) is 0. The Morgan fingerprint density at radius 1 is 0.933 bits per heavy atom. The molecule has 1 aliphatic rings. The van der Waals surface area contributed by atoms with Crippen LogP contribution in [0.25, 0.3) is 0 Å². The van der Waals surface area contributed by atoms with Crippen molar-refractivity contribution in [2.24, 2.45) is 16.2 Å². The zero-order chi connectivity index (χ0) is 11.7. The van der Waals surface area contributed by atoms with E-state index in [9.17, 15) is 0 Å². The summed E-state index contributed by atoms with van der Waals surface area (Å²) in [6, 6.07) is 0. The van der Waals surface area contributed by atoms with Crippen LogP contribution in [-0.4, -0.2) is 0 Å². The molecule has 0 amide bonds. The SMILES string of the molecule is CCCC1(C(C)(C)C)CCC(C)(C)CC1. The van der Waals surface area contributed by atoms with Crippen molar-refractivity contribution >= 4 is 0 Å². The van der Waals surface area contributed by atoms with E-state index < -0.39 is 0 Å². The summed E-state index contributed by atoms with van der Waals surface area (Å²) in [6.45, 7) is 14.5. The van der Waals surface area contributed by atoms with Gasteiger partial charge >= 0.3 is 0 Å². The maximum absolute atomic E-state index is 2.45. The molecule has 0 bridgehead atoms. The lowest BCUT2D eigenvalue weighted by molar-refractivity contribution is -0.00714. The van der Waals surface area contributed by atoms with Crippen molar-refractivity contribution in [1.29, 1.82) is 0 Å². The lowest BCUT2D eigenvalue weighted by Crippen LogP contribution is -2.41. The fourth-order valence-electron chi connectivity index (χ4n) is 3.26. The number of hydrogen-bond donors (Lipinski definition) is 0. The molecule has 0 aromatic heterocycles. The van der Waals surface area contributed by atoms with Gasteiger partial charge in [-0.05, 0) is 48.3 Å². The zero-order valence-electron chi connectivity index (χ0n) is 11.7. The van der Waals surface area contributed by atoms with Crippen LogP contribution in [0.15, 0.2) is 0 Å². The highest BCUT2D eigenvalue weighted by atomic mass is 14.5. The van der Waals surface area contributed by atoms with Gasteiger partial charge in [-0.3, -0.25) is 0 Å². The van der Waals surface area contributed by atoms with Crippen molar-refractivity contribution in [1.82, 2.24) is 0 Å². The molecule has 0 N–H and O–H groups in total. The highest BCUT2D eigenvalue weighted by Crippen LogP contribution is 2.56. The van der Waals surface area contributed by atoms with E-state index in [2.05, 4.69) is 41.5 Å². The van der Waals surface area contributed by atoms with Crippen LogP contribution >= 0.6 is 0 Å². The van der Waals surface area contributed by atoms with Gasteiger partial charge in [0.1, 0.15) is 0 Å². The summed E-state index contributed by atoms with van der Waals surface area (Å²) >= 11 is 0. The summed E-state index contributed by atoms with van der Waals surface area (Å²) in [4.78, 5) is 0. The van der Waals surface area contributed by atoms with Gasteiger partial charge < -0.3 is 0 Å². The molecule has 0 saturated heterocycles.